The monoisotopic (exact) mass is 723 g/mol. The summed E-state index contributed by atoms with van der Waals surface area (Å²) >= 11 is 5.80. The zero-order valence-corrected chi connectivity index (χ0v) is 31.1. The summed E-state index contributed by atoms with van der Waals surface area (Å²) in [5, 5.41) is 0. The van der Waals surface area contributed by atoms with Crippen LogP contribution in [0.3, 0.4) is 0 Å². The number of aromatic nitrogens is 2. The van der Waals surface area contributed by atoms with Gasteiger partial charge >= 0.3 is 5.69 Å². The molecule has 2 heterocycles. The largest absolute Gasteiger partial charge is 0.694 e. The van der Waals surface area contributed by atoms with E-state index in [0.29, 0.717) is 21.7 Å². The number of nitrogens with one attached hydrogen (secondary N) is 1. The molecule has 268 valence electrons. The number of methoxy groups -OCH3 is 2. The van der Waals surface area contributed by atoms with Crippen molar-refractivity contribution in [3.8, 4) is 11.5 Å². The van der Waals surface area contributed by atoms with Crippen LogP contribution in [-0.2, 0) is 36.5 Å². The van der Waals surface area contributed by atoms with Crippen LogP contribution in [-0.4, -0.2) is 66.9 Å². The number of ether oxygens (including phenoxy) is 4. The molecule has 0 aliphatic carbocycles. The van der Waals surface area contributed by atoms with E-state index in [1.165, 1.54) is 10.8 Å². The quantitative estimate of drug-likeness (QED) is 0.0481. The lowest BCUT2D eigenvalue weighted by atomic mass is 9.80. The summed E-state index contributed by atoms with van der Waals surface area (Å²) in [5.41, 5.74) is 0.871. The van der Waals surface area contributed by atoms with Gasteiger partial charge in [0.05, 0.1) is 34.5 Å². The summed E-state index contributed by atoms with van der Waals surface area (Å²) < 4.78 is 39.3. The fraction of sp³-hybridized carbons (Fsp3) is 0.405. The Bertz CT molecular complexity index is 1740. The van der Waals surface area contributed by atoms with E-state index in [4.69, 9.17) is 40.3 Å². The van der Waals surface area contributed by atoms with Gasteiger partial charge in [-0.05, 0) is 68.7 Å². The molecule has 13 heteroatoms. The minimum Gasteiger partial charge on any atom is -0.694 e. The van der Waals surface area contributed by atoms with Crippen molar-refractivity contribution < 1.29 is 32.7 Å². The topological polar surface area (TPSA) is 110 Å². The summed E-state index contributed by atoms with van der Waals surface area (Å²) in [7, 11) is 1.49. The van der Waals surface area contributed by atoms with E-state index in [1.807, 2.05) is 78.9 Å². The third-order valence-electron chi connectivity index (χ3n) is 9.46. The van der Waals surface area contributed by atoms with Crippen LogP contribution >= 0.6 is 7.58 Å². The second-order valence-electron chi connectivity index (χ2n) is 12.1. The van der Waals surface area contributed by atoms with Crippen LogP contribution in [0.25, 0.3) is 0 Å². The lowest BCUT2D eigenvalue weighted by Gasteiger charge is -2.39. The molecule has 5 rings (SSSR count). The predicted octanol–water partition coefficient (Wildman–Crippen LogP) is 6.13. The van der Waals surface area contributed by atoms with Gasteiger partial charge in [0.2, 0.25) is 0 Å². The molecule has 11 nitrogen and oxygen atoms in total. The fourth-order valence-electron chi connectivity index (χ4n) is 6.33. The molecule has 1 aromatic heterocycles. The lowest BCUT2D eigenvalue weighted by molar-refractivity contribution is -1.08. The van der Waals surface area contributed by atoms with Crippen LogP contribution in [0, 0.1) is 6.92 Å². The average molecular weight is 724 g/mol. The molecule has 0 amide bonds. The van der Waals surface area contributed by atoms with E-state index in [0.717, 1.165) is 36.3 Å². The van der Waals surface area contributed by atoms with Crippen LogP contribution in [0.5, 0.6) is 11.5 Å². The highest BCUT2D eigenvalue weighted by molar-refractivity contribution is 8.29. The molecule has 1 aliphatic heterocycles. The molecule has 1 saturated heterocycles. The number of hydroxylamine groups is 3. The summed E-state index contributed by atoms with van der Waals surface area (Å²) in [4.78, 5) is 27.6. The highest BCUT2D eigenvalue weighted by atomic mass is 32.7. The number of benzene rings is 3. The molecule has 0 radical (unpaired) electrons. The van der Waals surface area contributed by atoms with Crippen molar-refractivity contribution in [1.82, 2.24) is 9.55 Å². The van der Waals surface area contributed by atoms with Crippen molar-refractivity contribution in [1.29, 1.82) is 0 Å². The van der Waals surface area contributed by atoms with Crippen molar-refractivity contribution in [3.63, 3.8) is 0 Å². The SMILES string of the molecule is CC[N+](CC)(CC)OP([S-])O[C@H]1C[C@H](n2cc(C)c(=O)[nH]c2=O)O[C@@H]1COC(c1ccccc1)(c1ccc(OC)cc1)c1ccc(OC)cc1. The Morgan fingerprint density at radius 1 is 0.880 bits per heavy atom. The highest BCUT2D eigenvalue weighted by Gasteiger charge is 2.44. The van der Waals surface area contributed by atoms with Crippen molar-refractivity contribution in [2.75, 3.05) is 40.5 Å². The maximum Gasteiger partial charge on any atom is 0.330 e. The minimum absolute atomic E-state index is 0.0546. The molecule has 4 atom stereocenters. The Hall–Kier alpha value is -3.48. The third-order valence-corrected chi connectivity index (χ3v) is 10.8. The van der Waals surface area contributed by atoms with Gasteiger partial charge in [0.25, 0.3) is 5.56 Å². The van der Waals surface area contributed by atoms with Gasteiger partial charge in [0.15, 0.2) is 0 Å². The first-order chi connectivity index (χ1) is 24.1. The van der Waals surface area contributed by atoms with Gasteiger partial charge in [-0.2, -0.15) is 9.27 Å². The number of quaternary nitrogens is 1. The molecule has 1 fully saturated rings. The molecule has 50 heavy (non-hydrogen) atoms. The maximum atomic E-state index is 13.0. The molecule has 0 bridgehead atoms. The number of hydrogen-bond acceptors (Lipinski definition) is 9. The normalized spacial score (nSPS) is 18.6. The van der Waals surface area contributed by atoms with E-state index in [9.17, 15) is 9.59 Å². The third kappa shape index (κ3) is 8.02. The van der Waals surface area contributed by atoms with Crippen LogP contribution < -0.4 is 20.7 Å². The smallest absolute Gasteiger partial charge is 0.330 e. The second-order valence-corrected chi connectivity index (χ2v) is 13.8. The van der Waals surface area contributed by atoms with E-state index in [2.05, 4.69) is 25.8 Å². The molecule has 3 aromatic carbocycles. The Morgan fingerprint density at radius 3 is 1.94 bits per heavy atom. The number of aryl methyl sites for hydroxylation is 1. The zero-order chi connectivity index (χ0) is 35.9. The molecule has 0 spiro atoms. The molecule has 4 aromatic rings. The molecule has 1 aliphatic rings. The molecular formula is C37H46N3O8PS. The van der Waals surface area contributed by atoms with E-state index >= 15 is 0 Å². The predicted molar refractivity (Wildman–Crippen MR) is 195 cm³/mol. The first kappa shape index (κ1) is 37.8. The Labute approximate surface area is 299 Å². The molecule has 1 N–H and O–H groups in total. The number of aromatic amines is 1. The van der Waals surface area contributed by atoms with Crippen LogP contribution in [0.15, 0.2) is 94.6 Å². The van der Waals surface area contributed by atoms with Gasteiger partial charge < -0.3 is 35.7 Å². The van der Waals surface area contributed by atoms with Crippen molar-refractivity contribution >= 4 is 19.8 Å². The van der Waals surface area contributed by atoms with Crippen molar-refractivity contribution in [2.24, 2.45) is 0 Å². The van der Waals surface area contributed by atoms with Gasteiger partial charge in [-0.1, -0.05) is 54.6 Å². The number of H-pyrrole nitrogens is 1. The minimum atomic E-state index is -1.77. The average Bonchev–Trinajstić information content (AvgIpc) is 3.54. The number of hydrogen-bond donors (Lipinski definition) is 1. The molecule has 0 saturated carbocycles. The first-order valence-electron chi connectivity index (χ1n) is 16.8. The first-order valence-corrected chi connectivity index (χ1v) is 19.0. The van der Waals surface area contributed by atoms with Gasteiger partial charge in [-0.3, -0.25) is 14.3 Å². The molecular weight excluding hydrogens is 677 g/mol. The highest BCUT2D eigenvalue weighted by Crippen LogP contribution is 2.47. The van der Waals surface area contributed by atoms with Crippen molar-refractivity contribution in [2.45, 2.75) is 58.2 Å². The standard InChI is InChI=1S/C37H46N3O8PS/c1-7-40(8-2,9-3)48-49(50)47-32-23-34(39-24-26(4)35(41)38-36(39)42)46-33(32)25-45-37(27-13-11-10-12-14-27,28-15-19-30(43-5)20-16-28)29-17-21-31(44-6)22-18-29/h10-22,24,32-34H,7-9,23,25H2,1-6H3,(H,38,41,42)/t32-,33+,34+,49?/m0/s1. The van der Waals surface area contributed by atoms with Crippen LogP contribution in [0.2, 0.25) is 0 Å². The van der Waals surface area contributed by atoms with E-state index in [-0.39, 0.29) is 13.0 Å². The van der Waals surface area contributed by atoms with Gasteiger partial charge in [-0.15, -0.1) is 0 Å². The number of nitrogens with zero attached hydrogens (tertiary/aromatic N) is 2. The summed E-state index contributed by atoms with van der Waals surface area (Å²) in [5.74, 6) is 1.42. The van der Waals surface area contributed by atoms with Crippen molar-refractivity contribution in [3.05, 3.63) is 128 Å². The van der Waals surface area contributed by atoms with Crippen LogP contribution in [0.1, 0.15) is 55.7 Å². The van der Waals surface area contributed by atoms with Gasteiger partial charge in [-0.25, -0.2) is 4.79 Å². The molecule has 1 unspecified atom stereocenters. The second kappa shape index (κ2) is 16.7. The Kier molecular flexibility index (Phi) is 12.6. The lowest BCUT2D eigenvalue weighted by Crippen LogP contribution is -2.46. The fourth-order valence-corrected chi connectivity index (χ4v) is 8.20. The Balaban J connectivity index is 1.56. The van der Waals surface area contributed by atoms with Gasteiger partial charge in [0, 0.05) is 18.2 Å². The van der Waals surface area contributed by atoms with E-state index < -0.39 is 42.9 Å². The van der Waals surface area contributed by atoms with E-state index in [1.54, 1.807) is 21.1 Å². The maximum absolute atomic E-state index is 13.0. The van der Waals surface area contributed by atoms with Crippen LogP contribution in [0.4, 0.5) is 0 Å². The Morgan fingerprint density at radius 2 is 1.42 bits per heavy atom. The van der Waals surface area contributed by atoms with Gasteiger partial charge in [0.1, 0.15) is 49.1 Å². The number of rotatable bonds is 16. The summed E-state index contributed by atoms with van der Waals surface area (Å²) in [6, 6.07) is 25.5. The summed E-state index contributed by atoms with van der Waals surface area (Å²) in [6.45, 7) is 10.1. The summed E-state index contributed by atoms with van der Waals surface area (Å²) in [6.07, 6.45) is -0.204. The zero-order valence-electron chi connectivity index (χ0n) is 29.4.